The molecule has 0 spiro atoms. The molecule has 12 aliphatic rings. The Morgan fingerprint density at radius 3 is 1.56 bits per heavy atom. The summed E-state index contributed by atoms with van der Waals surface area (Å²) in [6.45, 7) is 2.61. The number of hydrogen-bond acceptors (Lipinski definition) is 4. The van der Waals surface area contributed by atoms with Crippen molar-refractivity contribution in [2.75, 3.05) is 13.1 Å². The summed E-state index contributed by atoms with van der Waals surface area (Å²) in [6.07, 6.45) is 48.5. The first-order valence-corrected chi connectivity index (χ1v) is 27.2. The van der Waals surface area contributed by atoms with Crippen LogP contribution in [0.1, 0.15) is 199 Å². The Labute approximate surface area is 350 Å². The standard InChI is InChI=1S/C53H87N3O/c1-2-11-34(12-3-1)38-27-39(37-13-10-26-54-33-37)29-41(28-38)56-49-18-8-5-15-43(49)46-31-36(21-24-51(46)56)35-20-23-50-45(30-35)42-14-4-7-17-48(42)55(50)40-22-25-53-47(32-40)44-16-6-9-19-52(44)57-53/h34-54H,1-33H2. The van der Waals surface area contributed by atoms with Crippen LogP contribution in [0.25, 0.3) is 0 Å². The van der Waals surface area contributed by atoms with E-state index in [0.717, 1.165) is 107 Å². The van der Waals surface area contributed by atoms with Crippen molar-refractivity contribution in [1.82, 2.24) is 15.1 Å². The molecule has 4 aliphatic heterocycles. The summed E-state index contributed by atoms with van der Waals surface area (Å²) < 4.78 is 6.81. The van der Waals surface area contributed by atoms with Gasteiger partial charge >= 0.3 is 0 Å². The zero-order chi connectivity index (χ0) is 37.5. The first-order valence-electron chi connectivity index (χ1n) is 27.2. The molecule has 8 aliphatic carbocycles. The monoisotopic (exact) mass is 782 g/mol. The molecule has 4 heterocycles. The van der Waals surface area contributed by atoms with Crippen molar-refractivity contribution in [3.8, 4) is 0 Å². The zero-order valence-electron chi connectivity index (χ0n) is 36.7. The highest BCUT2D eigenvalue weighted by Crippen LogP contribution is 2.59. The van der Waals surface area contributed by atoms with Crippen molar-refractivity contribution in [2.24, 2.45) is 71.0 Å². The van der Waals surface area contributed by atoms with E-state index in [1.165, 1.54) is 122 Å². The largest absolute Gasteiger partial charge is 0.374 e. The van der Waals surface area contributed by atoms with Crippen LogP contribution in [0.3, 0.4) is 0 Å². The lowest BCUT2D eigenvalue weighted by Gasteiger charge is -2.50. The van der Waals surface area contributed by atoms with E-state index in [0.29, 0.717) is 12.2 Å². The molecule has 0 bridgehead atoms. The van der Waals surface area contributed by atoms with Crippen molar-refractivity contribution in [2.45, 2.75) is 248 Å². The molecule has 0 aromatic heterocycles. The van der Waals surface area contributed by atoms with E-state index >= 15 is 0 Å². The van der Waals surface area contributed by atoms with Gasteiger partial charge in [-0.05, 0) is 213 Å². The SMILES string of the molecule is C1CCC(C2CC(C3CCCNC3)CC(N3C4CCCCC4C4CC(C5CCC6C(C5)C5CCCCC5N6C5CCC6OC7CCCCC7C6C5)CCC43)C2)CC1. The fraction of sp³-hybridized carbons (Fsp3) is 1.00. The molecule has 8 saturated carbocycles. The minimum absolute atomic E-state index is 0.614. The maximum Gasteiger partial charge on any atom is 0.0612 e. The Balaban J connectivity index is 0.750. The molecule has 0 aromatic rings. The molecule has 4 nitrogen and oxygen atoms in total. The lowest BCUT2D eigenvalue weighted by Crippen LogP contribution is -2.52. The first kappa shape index (κ1) is 38.5. The van der Waals surface area contributed by atoms with E-state index in [-0.39, 0.29) is 0 Å². The highest BCUT2D eigenvalue weighted by Gasteiger charge is 2.59. The molecule has 320 valence electrons. The minimum Gasteiger partial charge on any atom is -0.374 e. The molecule has 0 radical (unpaired) electrons. The maximum absolute atomic E-state index is 6.81. The molecule has 0 amide bonds. The van der Waals surface area contributed by atoms with Gasteiger partial charge in [-0.1, -0.05) is 70.6 Å². The van der Waals surface area contributed by atoms with Gasteiger partial charge in [-0.3, -0.25) is 9.80 Å². The fourth-order valence-electron chi connectivity index (χ4n) is 19.9. The first-order chi connectivity index (χ1) is 28.2. The molecule has 57 heavy (non-hydrogen) atoms. The highest BCUT2D eigenvalue weighted by atomic mass is 16.5. The molecule has 12 fully saturated rings. The second kappa shape index (κ2) is 16.5. The summed E-state index contributed by atoms with van der Waals surface area (Å²) in [5.41, 5.74) is 0. The molecular weight excluding hydrogens is 695 g/mol. The second-order valence-electron chi connectivity index (χ2n) is 24.2. The van der Waals surface area contributed by atoms with Gasteiger partial charge in [0.2, 0.25) is 0 Å². The summed E-state index contributed by atoms with van der Waals surface area (Å²) in [6, 6.07) is 5.53. The smallest absolute Gasteiger partial charge is 0.0612 e. The normalized spacial score (nSPS) is 53.6. The van der Waals surface area contributed by atoms with Crippen molar-refractivity contribution >= 4 is 0 Å². The quantitative estimate of drug-likeness (QED) is 0.301. The molecular formula is C53H87N3O. The van der Waals surface area contributed by atoms with Gasteiger partial charge in [0, 0.05) is 36.3 Å². The van der Waals surface area contributed by atoms with E-state index < -0.39 is 0 Å². The zero-order valence-corrected chi connectivity index (χ0v) is 36.7. The number of fused-ring (bicyclic) bond motifs is 9. The molecule has 0 aromatic carbocycles. The van der Waals surface area contributed by atoms with Crippen LogP contribution in [0.2, 0.25) is 0 Å². The second-order valence-corrected chi connectivity index (χ2v) is 24.2. The third-order valence-corrected chi connectivity index (χ3v) is 22.0. The summed E-state index contributed by atoms with van der Waals surface area (Å²) in [7, 11) is 0. The number of ether oxygens (including phenoxy) is 1. The molecule has 1 N–H and O–H groups in total. The average Bonchev–Trinajstić information content (AvgIpc) is 3.94. The Morgan fingerprint density at radius 2 is 0.877 bits per heavy atom. The van der Waals surface area contributed by atoms with E-state index in [1.54, 1.807) is 89.9 Å². The Kier molecular flexibility index (Phi) is 11.2. The van der Waals surface area contributed by atoms with Gasteiger partial charge in [-0.2, -0.15) is 0 Å². The number of piperidine rings is 1. The fourth-order valence-corrected chi connectivity index (χ4v) is 19.9. The van der Waals surface area contributed by atoms with Crippen molar-refractivity contribution < 1.29 is 4.74 Å². The van der Waals surface area contributed by atoms with Crippen LogP contribution in [0.5, 0.6) is 0 Å². The van der Waals surface area contributed by atoms with Gasteiger partial charge in [0.25, 0.3) is 0 Å². The summed E-state index contributed by atoms with van der Waals surface area (Å²) in [5, 5.41) is 3.88. The third-order valence-electron chi connectivity index (χ3n) is 22.0. The van der Waals surface area contributed by atoms with Crippen LogP contribution >= 0.6 is 0 Å². The molecule has 4 heteroatoms. The maximum atomic E-state index is 6.81. The van der Waals surface area contributed by atoms with Crippen LogP contribution in [-0.2, 0) is 4.74 Å². The van der Waals surface area contributed by atoms with Crippen LogP contribution < -0.4 is 5.32 Å². The highest BCUT2D eigenvalue weighted by molar-refractivity contribution is 5.11. The topological polar surface area (TPSA) is 27.7 Å². The number of hydrogen-bond donors (Lipinski definition) is 1. The molecule has 19 unspecified atom stereocenters. The lowest BCUT2D eigenvalue weighted by molar-refractivity contribution is -0.0195. The van der Waals surface area contributed by atoms with Crippen LogP contribution in [0, 0.1) is 71.0 Å². The van der Waals surface area contributed by atoms with Gasteiger partial charge < -0.3 is 10.1 Å². The molecule has 19 atom stereocenters. The van der Waals surface area contributed by atoms with Gasteiger partial charge in [0.1, 0.15) is 0 Å². The van der Waals surface area contributed by atoms with Crippen LogP contribution in [0.15, 0.2) is 0 Å². The summed E-state index contributed by atoms with van der Waals surface area (Å²) in [4.78, 5) is 6.75. The van der Waals surface area contributed by atoms with Gasteiger partial charge in [0.05, 0.1) is 12.2 Å². The Hall–Kier alpha value is -0.160. The Morgan fingerprint density at radius 1 is 0.316 bits per heavy atom. The van der Waals surface area contributed by atoms with Gasteiger partial charge in [0.15, 0.2) is 0 Å². The summed E-state index contributed by atoms with van der Waals surface area (Å²) in [5.74, 6) is 12.1. The van der Waals surface area contributed by atoms with Crippen LogP contribution in [0.4, 0.5) is 0 Å². The molecule has 4 saturated heterocycles. The number of nitrogens with zero attached hydrogens (tertiary/aromatic N) is 2. The van der Waals surface area contributed by atoms with Crippen LogP contribution in [-0.4, -0.2) is 71.3 Å². The minimum atomic E-state index is 0.614. The van der Waals surface area contributed by atoms with E-state index in [9.17, 15) is 0 Å². The summed E-state index contributed by atoms with van der Waals surface area (Å²) >= 11 is 0. The predicted molar refractivity (Wildman–Crippen MR) is 233 cm³/mol. The van der Waals surface area contributed by atoms with E-state index in [4.69, 9.17) is 4.74 Å². The number of nitrogens with one attached hydrogen (secondary N) is 1. The van der Waals surface area contributed by atoms with Crippen molar-refractivity contribution in [3.05, 3.63) is 0 Å². The third kappa shape index (κ3) is 7.02. The molecule has 12 rings (SSSR count). The van der Waals surface area contributed by atoms with Gasteiger partial charge in [-0.15, -0.1) is 0 Å². The lowest BCUT2D eigenvalue weighted by atomic mass is 9.62. The number of rotatable bonds is 5. The Bertz CT molecular complexity index is 1330. The van der Waals surface area contributed by atoms with Crippen molar-refractivity contribution in [3.63, 3.8) is 0 Å². The predicted octanol–water partition coefficient (Wildman–Crippen LogP) is 11.8. The van der Waals surface area contributed by atoms with E-state index in [2.05, 4.69) is 15.1 Å². The number of likely N-dealkylation sites (tertiary alicyclic amines) is 2. The van der Waals surface area contributed by atoms with Gasteiger partial charge in [-0.25, -0.2) is 0 Å². The van der Waals surface area contributed by atoms with E-state index in [1.807, 2.05) is 0 Å². The van der Waals surface area contributed by atoms with Crippen molar-refractivity contribution in [1.29, 1.82) is 0 Å². The average molecular weight is 782 g/mol.